The van der Waals surface area contributed by atoms with Crippen LogP contribution in [0.3, 0.4) is 0 Å². The average molecular weight is 287 g/mol. The van der Waals surface area contributed by atoms with Crippen molar-refractivity contribution in [3.63, 3.8) is 0 Å². The van der Waals surface area contributed by atoms with Gasteiger partial charge in [0.2, 0.25) is 0 Å². The molecule has 2 heterocycles. The summed E-state index contributed by atoms with van der Waals surface area (Å²) in [6.45, 7) is 1.60. The minimum atomic E-state index is -0.745. The quantitative estimate of drug-likeness (QED) is 0.582. The number of carbonyl (C=O) groups is 1. The number of hydrogen-bond donors (Lipinski definition) is 4. The summed E-state index contributed by atoms with van der Waals surface area (Å²) in [5, 5.41) is 12.8. The van der Waals surface area contributed by atoms with Gasteiger partial charge in [0, 0.05) is 41.6 Å². The second kappa shape index (κ2) is 6.13. The van der Waals surface area contributed by atoms with E-state index >= 15 is 0 Å². The van der Waals surface area contributed by atoms with Crippen LogP contribution < -0.4 is 10.9 Å². The van der Waals surface area contributed by atoms with E-state index in [4.69, 9.17) is 5.11 Å². The first-order valence-electron chi connectivity index (χ1n) is 6.59. The Morgan fingerprint density at radius 3 is 2.62 bits per heavy atom. The molecular formula is C15H17N3O3. The monoisotopic (exact) mass is 287 g/mol. The molecule has 2 aromatic heterocycles. The predicted octanol–water partition coefficient (Wildman–Crippen LogP) is 2.53. The van der Waals surface area contributed by atoms with Crippen LogP contribution in [0.5, 0.6) is 0 Å². The van der Waals surface area contributed by atoms with E-state index in [1.165, 1.54) is 0 Å². The predicted molar refractivity (Wildman–Crippen MR) is 83.9 cm³/mol. The van der Waals surface area contributed by atoms with Crippen LogP contribution in [-0.4, -0.2) is 28.1 Å². The van der Waals surface area contributed by atoms with E-state index in [1.807, 2.05) is 31.3 Å². The van der Waals surface area contributed by atoms with Gasteiger partial charge in [0.05, 0.1) is 0 Å². The number of benzene rings is 1. The Hall–Kier alpha value is -2.76. The highest BCUT2D eigenvalue weighted by atomic mass is 16.4. The number of carboxylic acids is 1. The second-order valence-corrected chi connectivity index (χ2v) is 4.48. The van der Waals surface area contributed by atoms with Crippen molar-refractivity contribution in [1.29, 1.82) is 0 Å². The molecule has 0 unspecified atom stereocenters. The molecule has 110 valence electrons. The van der Waals surface area contributed by atoms with E-state index in [1.54, 1.807) is 13.1 Å². The van der Waals surface area contributed by atoms with Crippen molar-refractivity contribution in [2.24, 2.45) is 0 Å². The van der Waals surface area contributed by atoms with E-state index in [2.05, 4.69) is 15.3 Å². The molecule has 1 aromatic carbocycles. The largest absolute Gasteiger partial charge is 0.481 e. The Morgan fingerprint density at radius 2 is 2.00 bits per heavy atom. The van der Waals surface area contributed by atoms with Crippen molar-refractivity contribution < 1.29 is 9.90 Å². The molecular weight excluding hydrogens is 270 g/mol. The zero-order valence-corrected chi connectivity index (χ0v) is 11.9. The summed E-state index contributed by atoms with van der Waals surface area (Å²) in [6.07, 6.45) is 2.01. The van der Waals surface area contributed by atoms with E-state index < -0.39 is 5.97 Å². The lowest BCUT2D eigenvalue weighted by molar-refractivity contribution is -0.136. The molecule has 0 amide bonds. The lowest BCUT2D eigenvalue weighted by atomic mass is 10.1. The zero-order chi connectivity index (χ0) is 15.4. The maximum absolute atomic E-state index is 11.7. The third-order valence-electron chi connectivity index (χ3n) is 3.12. The summed E-state index contributed by atoms with van der Waals surface area (Å²) in [6, 6.07) is 7.81. The molecule has 0 saturated carbocycles. The molecule has 0 bridgehead atoms. The summed E-state index contributed by atoms with van der Waals surface area (Å²) < 4.78 is 0. The van der Waals surface area contributed by atoms with Gasteiger partial charge in [-0.1, -0.05) is 6.92 Å². The topological polar surface area (TPSA) is 98.0 Å². The van der Waals surface area contributed by atoms with Crippen LogP contribution in [0.25, 0.3) is 21.8 Å². The third kappa shape index (κ3) is 3.05. The fourth-order valence-electron chi connectivity index (χ4n) is 2.00. The van der Waals surface area contributed by atoms with Crippen LogP contribution in [0.1, 0.15) is 13.3 Å². The number of carboxylic acid groups (broad SMARTS) is 1. The first-order valence-corrected chi connectivity index (χ1v) is 6.59. The molecule has 0 aliphatic carbocycles. The fraction of sp³-hybridized carbons (Fsp3) is 0.200. The molecule has 0 atom stereocenters. The maximum Gasteiger partial charge on any atom is 0.303 e. The zero-order valence-electron chi connectivity index (χ0n) is 11.9. The number of aliphatic carboxylic acids is 1. The molecule has 3 rings (SSSR count). The fourth-order valence-corrected chi connectivity index (χ4v) is 2.00. The third-order valence-corrected chi connectivity index (χ3v) is 3.12. The lowest BCUT2D eigenvalue weighted by Gasteiger charge is -2.03. The molecule has 4 N–H and O–H groups in total. The van der Waals surface area contributed by atoms with Gasteiger partial charge in [-0.2, -0.15) is 0 Å². The summed E-state index contributed by atoms with van der Waals surface area (Å²) in [5.74, 6) is -0.745. The van der Waals surface area contributed by atoms with Crippen LogP contribution in [0.4, 0.5) is 5.69 Å². The number of H-pyrrole nitrogens is 2. The number of nitrogens with one attached hydrogen (secondary N) is 3. The Labute approximate surface area is 120 Å². The summed E-state index contributed by atoms with van der Waals surface area (Å²) >= 11 is 0. The lowest BCUT2D eigenvalue weighted by Crippen LogP contribution is -2.06. The van der Waals surface area contributed by atoms with Gasteiger partial charge in [-0.15, -0.1) is 0 Å². The molecule has 0 aliphatic rings. The second-order valence-electron chi connectivity index (χ2n) is 4.48. The van der Waals surface area contributed by atoms with E-state index in [-0.39, 0.29) is 12.0 Å². The van der Waals surface area contributed by atoms with Gasteiger partial charge in [0.1, 0.15) is 5.52 Å². The van der Waals surface area contributed by atoms with Crippen molar-refractivity contribution in [3.8, 4) is 0 Å². The number of anilines is 1. The van der Waals surface area contributed by atoms with Gasteiger partial charge >= 0.3 is 5.97 Å². The van der Waals surface area contributed by atoms with Crippen molar-refractivity contribution in [3.05, 3.63) is 40.8 Å². The summed E-state index contributed by atoms with van der Waals surface area (Å²) in [7, 11) is 1.88. The Morgan fingerprint density at radius 1 is 1.29 bits per heavy atom. The van der Waals surface area contributed by atoms with Gasteiger partial charge in [0.15, 0.2) is 0 Å². The van der Waals surface area contributed by atoms with Crippen LogP contribution >= 0.6 is 0 Å². The van der Waals surface area contributed by atoms with Gasteiger partial charge in [-0.25, -0.2) is 0 Å². The van der Waals surface area contributed by atoms with Gasteiger partial charge in [-0.05, 0) is 24.3 Å². The number of pyridine rings is 1. The van der Waals surface area contributed by atoms with Crippen molar-refractivity contribution in [1.82, 2.24) is 9.97 Å². The molecule has 0 aliphatic heterocycles. The Kier molecular flexibility index (Phi) is 4.27. The number of fused-ring (bicyclic) bond motifs is 3. The van der Waals surface area contributed by atoms with E-state index in [9.17, 15) is 9.59 Å². The summed E-state index contributed by atoms with van der Waals surface area (Å²) in [5.41, 5.74) is 2.43. The molecule has 21 heavy (non-hydrogen) atoms. The molecule has 3 aromatic rings. The first-order chi connectivity index (χ1) is 10.1. The number of aromatic nitrogens is 2. The molecule has 0 radical (unpaired) electrons. The minimum absolute atomic E-state index is 0.0790. The van der Waals surface area contributed by atoms with E-state index in [0.29, 0.717) is 5.52 Å². The van der Waals surface area contributed by atoms with Crippen LogP contribution in [0.2, 0.25) is 0 Å². The highest BCUT2D eigenvalue weighted by molar-refractivity contribution is 6.05. The van der Waals surface area contributed by atoms with Crippen molar-refractivity contribution >= 4 is 33.5 Å². The summed E-state index contributed by atoms with van der Waals surface area (Å²) in [4.78, 5) is 26.9. The standard InChI is InChI=1S/C12H11N3O.C3H6O2/c1-13-7-2-3-10-9(6-7)8-4-5-14-11(8)12(16)15-10;1-2-3(4)5/h2-6,13-14H,1H3,(H,15,16);2H2,1H3,(H,4,5). The molecule has 6 heteroatoms. The van der Waals surface area contributed by atoms with Gasteiger partial charge < -0.3 is 20.4 Å². The van der Waals surface area contributed by atoms with E-state index in [0.717, 1.165) is 22.0 Å². The number of rotatable bonds is 2. The minimum Gasteiger partial charge on any atom is -0.481 e. The molecule has 0 saturated heterocycles. The average Bonchev–Trinajstić information content (AvgIpc) is 2.98. The van der Waals surface area contributed by atoms with Crippen LogP contribution in [0.15, 0.2) is 35.3 Å². The smallest absolute Gasteiger partial charge is 0.303 e. The van der Waals surface area contributed by atoms with Crippen LogP contribution in [0, 0.1) is 0 Å². The Bertz CT molecular complexity index is 833. The SMILES string of the molecule is CCC(=O)O.CNc1ccc2[nH]c(=O)c3[nH]ccc3c2c1. The highest BCUT2D eigenvalue weighted by Gasteiger charge is 2.05. The number of aromatic amines is 2. The van der Waals surface area contributed by atoms with Gasteiger partial charge in [0.25, 0.3) is 5.56 Å². The normalized spacial score (nSPS) is 10.2. The molecule has 6 nitrogen and oxygen atoms in total. The number of hydrogen-bond acceptors (Lipinski definition) is 3. The van der Waals surface area contributed by atoms with Gasteiger partial charge in [-0.3, -0.25) is 9.59 Å². The van der Waals surface area contributed by atoms with Crippen LogP contribution in [-0.2, 0) is 4.79 Å². The molecule has 0 spiro atoms. The highest BCUT2D eigenvalue weighted by Crippen LogP contribution is 2.23. The maximum atomic E-state index is 11.7. The Balaban J connectivity index is 0.000000282. The first kappa shape index (κ1) is 14.6. The van der Waals surface area contributed by atoms with Crippen molar-refractivity contribution in [2.45, 2.75) is 13.3 Å². The van der Waals surface area contributed by atoms with Crippen molar-refractivity contribution in [2.75, 3.05) is 12.4 Å². The molecule has 0 fully saturated rings.